The Morgan fingerprint density at radius 1 is 1.14 bits per heavy atom. The molecule has 0 aliphatic carbocycles. The van der Waals surface area contributed by atoms with Gasteiger partial charge >= 0.3 is 0 Å². The zero-order valence-electron chi connectivity index (χ0n) is 16.7. The second-order valence-electron chi connectivity index (χ2n) is 8.56. The van der Waals surface area contributed by atoms with Crippen LogP contribution < -0.4 is 4.72 Å². The van der Waals surface area contributed by atoms with Crippen LogP contribution in [0.1, 0.15) is 46.5 Å². The van der Waals surface area contributed by atoms with E-state index in [0.29, 0.717) is 43.1 Å². The van der Waals surface area contributed by atoms with Crippen LogP contribution in [0.25, 0.3) is 0 Å². The average molecular weight is 428 g/mol. The Labute approximate surface area is 171 Å². The van der Waals surface area contributed by atoms with Gasteiger partial charge in [-0.3, -0.25) is 9.59 Å². The van der Waals surface area contributed by atoms with E-state index in [9.17, 15) is 18.0 Å². The summed E-state index contributed by atoms with van der Waals surface area (Å²) in [6.07, 6.45) is 2.70. The van der Waals surface area contributed by atoms with Gasteiger partial charge in [0.2, 0.25) is 21.8 Å². The molecule has 2 saturated heterocycles. The summed E-state index contributed by atoms with van der Waals surface area (Å²) in [4.78, 5) is 29.2. The van der Waals surface area contributed by atoms with Crippen LogP contribution in [0.3, 0.4) is 0 Å². The minimum Gasteiger partial charge on any atom is -0.341 e. The number of amides is 2. The van der Waals surface area contributed by atoms with Crippen molar-refractivity contribution in [3.8, 4) is 0 Å². The smallest absolute Gasteiger partial charge is 0.250 e. The molecule has 3 rings (SSSR count). The van der Waals surface area contributed by atoms with Crippen LogP contribution in [0.5, 0.6) is 0 Å². The molecule has 3 heterocycles. The van der Waals surface area contributed by atoms with E-state index in [4.69, 9.17) is 0 Å². The maximum atomic E-state index is 13.0. The number of hydrogen-bond donors (Lipinski definition) is 1. The van der Waals surface area contributed by atoms with Crippen molar-refractivity contribution in [3.05, 3.63) is 17.5 Å². The Bertz CT molecular complexity index is 807. The van der Waals surface area contributed by atoms with E-state index in [-0.39, 0.29) is 23.9 Å². The zero-order valence-corrected chi connectivity index (χ0v) is 18.3. The summed E-state index contributed by atoms with van der Waals surface area (Å²) in [5.41, 5.74) is -0.504. The van der Waals surface area contributed by atoms with E-state index in [1.165, 1.54) is 11.3 Å². The quantitative estimate of drug-likeness (QED) is 0.797. The molecule has 1 atom stereocenters. The molecule has 1 aromatic heterocycles. The zero-order chi connectivity index (χ0) is 20.5. The normalized spacial score (nSPS) is 21.9. The number of rotatable bonds is 4. The van der Waals surface area contributed by atoms with E-state index in [0.717, 1.165) is 6.42 Å². The molecule has 2 amide bonds. The fourth-order valence-electron chi connectivity index (χ4n) is 3.82. The third-order valence-electron chi connectivity index (χ3n) is 5.33. The monoisotopic (exact) mass is 427 g/mol. The first-order valence-corrected chi connectivity index (χ1v) is 12.1. The van der Waals surface area contributed by atoms with Gasteiger partial charge in [0.25, 0.3) is 0 Å². The molecule has 2 aliphatic rings. The number of sulfonamides is 1. The number of likely N-dealkylation sites (tertiary alicyclic amines) is 2. The number of nitrogens with one attached hydrogen (secondary N) is 1. The molecular weight excluding hydrogens is 398 g/mol. The number of piperidine rings is 1. The summed E-state index contributed by atoms with van der Waals surface area (Å²) in [5, 5.41) is 1.74. The molecule has 1 aromatic rings. The maximum absolute atomic E-state index is 13.0. The Hall–Kier alpha value is -1.45. The van der Waals surface area contributed by atoms with Gasteiger partial charge in [-0.2, -0.15) is 0 Å². The largest absolute Gasteiger partial charge is 0.341 e. The molecule has 1 N–H and O–H groups in total. The standard InChI is InChI=1S/C19H29N3O4S2/c1-19(2,3)18(24)22-10-4-6-15(22)17(23)21-11-8-14(9-12-21)20-28(25,26)16-7-5-13-27-16/h5,7,13-15,20H,4,6,8-12H2,1-3H3. The van der Waals surface area contributed by atoms with Gasteiger partial charge in [-0.1, -0.05) is 26.8 Å². The van der Waals surface area contributed by atoms with Crippen LogP contribution in [0.4, 0.5) is 0 Å². The second kappa shape index (κ2) is 8.12. The molecule has 2 aliphatic heterocycles. The Balaban J connectivity index is 1.57. The summed E-state index contributed by atoms with van der Waals surface area (Å²) in [7, 11) is -3.49. The molecule has 0 spiro atoms. The highest BCUT2D eigenvalue weighted by atomic mass is 32.2. The van der Waals surface area contributed by atoms with Gasteiger partial charge in [0.05, 0.1) is 0 Å². The number of nitrogens with zero attached hydrogens (tertiary/aromatic N) is 2. The van der Waals surface area contributed by atoms with Gasteiger partial charge in [0.15, 0.2) is 0 Å². The van der Waals surface area contributed by atoms with Gasteiger partial charge in [0, 0.05) is 31.1 Å². The van der Waals surface area contributed by atoms with Crippen LogP contribution in [0, 0.1) is 5.41 Å². The molecule has 0 radical (unpaired) electrons. The highest BCUT2D eigenvalue weighted by Gasteiger charge is 2.40. The van der Waals surface area contributed by atoms with Gasteiger partial charge in [-0.05, 0) is 37.1 Å². The van der Waals surface area contributed by atoms with Gasteiger partial charge in [-0.25, -0.2) is 13.1 Å². The predicted molar refractivity (Wildman–Crippen MR) is 108 cm³/mol. The average Bonchev–Trinajstić information content (AvgIpc) is 3.32. The van der Waals surface area contributed by atoms with Gasteiger partial charge in [-0.15, -0.1) is 11.3 Å². The summed E-state index contributed by atoms with van der Waals surface area (Å²) < 4.78 is 27.8. The molecule has 0 saturated carbocycles. The van der Waals surface area contributed by atoms with Crippen LogP contribution in [0.2, 0.25) is 0 Å². The van der Waals surface area contributed by atoms with Crippen molar-refractivity contribution >= 4 is 33.2 Å². The van der Waals surface area contributed by atoms with Crippen LogP contribution in [-0.4, -0.2) is 61.7 Å². The number of thiophene rings is 1. The minimum atomic E-state index is -3.49. The summed E-state index contributed by atoms with van der Waals surface area (Å²) in [5.74, 6) is 0.0107. The molecule has 156 valence electrons. The molecule has 7 nitrogen and oxygen atoms in total. The van der Waals surface area contributed by atoms with Crippen molar-refractivity contribution in [2.75, 3.05) is 19.6 Å². The van der Waals surface area contributed by atoms with Crippen LogP contribution in [0.15, 0.2) is 21.7 Å². The molecule has 2 fully saturated rings. The molecule has 1 unspecified atom stereocenters. The predicted octanol–water partition coefficient (Wildman–Crippen LogP) is 2.05. The topological polar surface area (TPSA) is 86.8 Å². The number of carbonyl (C=O) groups excluding carboxylic acids is 2. The fourth-order valence-corrected chi connectivity index (χ4v) is 6.13. The summed E-state index contributed by atoms with van der Waals surface area (Å²) >= 11 is 1.19. The molecule has 0 aromatic carbocycles. The lowest BCUT2D eigenvalue weighted by Crippen LogP contribution is -2.53. The van der Waals surface area contributed by atoms with E-state index < -0.39 is 15.4 Å². The van der Waals surface area contributed by atoms with E-state index in [1.54, 1.807) is 27.3 Å². The minimum absolute atomic E-state index is 0.00494. The fraction of sp³-hybridized carbons (Fsp3) is 0.684. The van der Waals surface area contributed by atoms with Crippen molar-refractivity contribution in [2.24, 2.45) is 5.41 Å². The Morgan fingerprint density at radius 2 is 1.82 bits per heavy atom. The van der Waals surface area contributed by atoms with Crippen molar-refractivity contribution in [1.82, 2.24) is 14.5 Å². The van der Waals surface area contributed by atoms with E-state index >= 15 is 0 Å². The third-order valence-corrected chi connectivity index (χ3v) is 8.25. The highest BCUT2D eigenvalue weighted by molar-refractivity contribution is 7.91. The summed E-state index contributed by atoms with van der Waals surface area (Å²) in [6, 6.07) is 2.75. The number of carbonyl (C=O) groups is 2. The van der Waals surface area contributed by atoms with Crippen LogP contribution >= 0.6 is 11.3 Å². The van der Waals surface area contributed by atoms with Crippen LogP contribution in [-0.2, 0) is 19.6 Å². The molecular formula is C19H29N3O4S2. The Morgan fingerprint density at radius 3 is 2.39 bits per heavy atom. The lowest BCUT2D eigenvalue weighted by molar-refractivity contribution is -0.148. The Kier molecular flexibility index (Phi) is 6.17. The third kappa shape index (κ3) is 4.58. The maximum Gasteiger partial charge on any atom is 0.250 e. The first-order valence-electron chi connectivity index (χ1n) is 9.75. The highest BCUT2D eigenvalue weighted by Crippen LogP contribution is 2.27. The summed E-state index contributed by atoms with van der Waals surface area (Å²) in [6.45, 7) is 7.26. The van der Waals surface area contributed by atoms with Gasteiger partial charge < -0.3 is 9.80 Å². The van der Waals surface area contributed by atoms with Gasteiger partial charge in [0.1, 0.15) is 10.3 Å². The van der Waals surface area contributed by atoms with Crippen molar-refractivity contribution in [3.63, 3.8) is 0 Å². The van der Waals surface area contributed by atoms with Crippen molar-refractivity contribution < 1.29 is 18.0 Å². The van der Waals surface area contributed by atoms with Crippen molar-refractivity contribution in [2.45, 2.75) is 62.7 Å². The SMILES string of the molecule is CC(C)(C)C(=O)N1CCCC1C(=O)N1CCC(NS(=O)(=O)c2cccs2)CC1. The van der Waals surface area contributed by atoms with E-state index in [1.807, 2.05) is 20.8 Å². The van der Waals surface area contributed by atoms with Crippen molar-refractivity contribution in [1.29, 1.82) is 0 Å². The lowest BCUT2D eigenvalue weighted by Gasteiger charge is -2.37. The first-order chi connectivity index (χ1) is 13.1. The second-order valence-corrected chi connectivity index (χ2v) is 11.4. The number of hydrogen-bond acceptors (Lipinski definition) is 5. The molecule has 0 bridgehead atoms. The van der Waals surface area contributed by atoms with E-state index in [2.05, 4.69) is 4.72 Å². The molecule has 9 heteroatoms. The first kappa shape index (κ1) is 21.3. The lowest BCUT2D eigenvalue weighted by atomic mass is 9.94. The molecule has 28 heavy (non-hydrogen) atoms.